The molecule has 2 aliphatic rings. The molecule has 1 aliphatic heterocycles. The van der Waals surface area contributed by atoms with Crippen LogP contribution in [0.1, 0.15) is 42.8 Å². The molecule has 27 heavy (non-hydrogen) atoms. The van der Waals surface area contributed by atoms with Crippen LogP contribution in [0.3, 0.4) is 0 Å². The lowest BCUT2D eigenvalue weighted by Crippen LogP contribution is -2.44. The third kappa shape index (κ3) is 4.59. The second-order valence-electron chi connectivity index (χ2n) is 7.60. The largest absolute Gasteiger partial charge is 0.492 e. The van der Waals surface area contributed by atoms with E-state index < -0.39 is 0 Å². The number of piperidine rings is 1. The second-order valence-corrected chi connectivity index (χ2v) is 7.60. The van der Waals surface area contributed by atoms with E-state index in [1.807, 2.05) is 37.3 Å². The van der Waals surface area contributed by atoms with Crippen LogP contribution in [0.2, 0.25) is 0 Å². The van der Waals surface area contributed by atoms with Crippen LogP contribution in [0, 0.1) is 6.92 Å². The van der Waals surface area contributed by atoms with Crippen LogP contribution in [-0.4, -0.2) is 42.3 Å². The molecule has 0 spiro atoms. The lowest BCUT2D eigenvalue weighted by Gasteiger charge is -2.35. The maximum atomic E-state index is 5.77. The van der Waals surface area contributed by atoms with Crippen LogP contribution in [-0.2, 0) is 12.8 Å². The van der Waals surface area contributed by atoms with Gasteiger partial charge in [-0.2, -0.15) is 0 Å². The van der Waals surface area contributed by atoms with Gasteiger partial charge in [0.15, 0.2) is 0 Å². The number of nitrogens with one attached hydrogen (secondary N) is 1. The van der Waals surface area contributed by atoms with Gasteiger partial charge < -0.3 is 15.0 Å². The first-order valence-electron chi connectivity index (χ1n) is 10.3. The normalized spacial score (nSPS) is 17.6. The molecule has 0 radical (unpaired) electrons. The molecule has 2 heterocycles. The highest BCUT2D eigenvalue weighted by atomic mass is 16.5. The molecule has 1 N–H and O–H groups in total. The summed E-state index contributed by atoms with van der Waals surface area (Å²) in [4.78, 5) is 12.0. The highest BCUT2D eigenvalue weighted by Gasteiger charge is 2.25. The SMILES string of the molecule is Cc1nc2c(c(N3CCC(NCCOc4ccccc4)CC3)n1)CCCC2. The Morgan fingerprint density at radius 2 is 1.85 bits per heavy atom. The molecule has 0 amide bonds. The molecule has 144 valence electrons. The van der Waals surface area contributed by atoms with Crippen LogP contribution in [0.4, 0.5) is 5.82 Å². The molecule has 5 nitrogen and oxygen atoms in total. The Hall–Kier alpha value is -2.14. The summed E-state index contributed by atoms with van der Waals surface area (Å²) in [6.45, 7) is 5.77. The summed E-state index contributed by atoms with van der Waals surface area (Å²) in [6, 6.07) is 10.6. The number of aromatic nitrogens is 2. The zero-order chi connectivity index (χ0) is 18.5. The van der Waals surface area contributed by atoms with Gasteiger partial charge in [-0.25, -0.2) is 9.97 Å². The number of hydrogen-bond acceptors (Lipinski definition) is 5. The van der Waals surface area contributed by atoms with Crippen LogP contribution in [0.5, 0.6) is 5.75 Å². The minimum atomic E-state index is 0.569. The van der Waals surface area contributed by atoms with Gasteiger partial charge in [0.1, 0.15) is 24.0 Å². The highest BCUT2D eigenvalue weighted by molar-refractivity contribution is 5.50. The second kappa shape index (κ2) is 8.70. The van der Waals surface area contributed by atoms with Gasteiger partial charge in [-0.1, -0.05) is 18.2 Å². The van der Waals surface area contributed by atoms with Crippen molar-refractivity contribution in [1.82, 2.24) is 15.3 Å². The summed E-state index contributed by atoms with van der Waals surface area (Å²) in [7, 11) is 0. The quantitative estimate of drug-likeness (QED) is 0.795. The molecule has 0 saturated carbocycles. The zero-order valence-electron chi connectivity index (χ0n) is 16.3. The van der Waals surface area contributed by atoms with Crippen molar-refractivity contribution < 1.29 is 4.74 Å². The number of anilines is 1. The van der Waals surface area contributed by atoms with Gasteiger partial charge in [0.25, 0.3) is 0 Å². The van der Waals surface area contributed by atoms with Crippen molar-refractivity contribution in [1.29, 1.82) is 0 Å². The third-order valence-electron chi connectivity index (χ3n) is 5.61. The number of benzene rings is 1. The maximum absolute atomic E-state index is 5.77. The van der Waals surface area contributed by atoms with Crippen LogP contribution in [0.25, 0.3) is 0 Å². The first-order chi connectivity index (χ1) is 13.3. The van der Waals surface area contributed by atoms with Crippen molar-refractivity contribution in [3.63, 3.8) is 0 Å². The summed E-state index contributed by atoms with van der Waals surface area (Å²) in [5, 5.41) is 3.65. The van der Waals surface area contributed by atoms with E-state index in [9.17, 15) is 0 Å². The Morgan fingerprint density at radius 1 is 1.07 bits per heavy atom. The average molecular weight is 367 g/mol. The number of ether oxygens (including phenoxy) is 1. The lowest BCUT2D eigenvalue weighted by molar-refractivity contribution is 0.296. The number of hydrogen-bond donors (Lipinski definition) is 1. The molecule has 1 aromatic carbocycles. The fourth-order valence-corrected chi connectivity index (χ4v) is 4.20. The van der Waals surface area contributed by atoms with Gasteiger partial charge in [0, 0.05) is 36.9 Å². The van der Waals surface area contributed by atoms with Crippen LogP contribution in [0.15, 0.2) is 30.3 Å². The van der Waals surface area contributed by atoms with Gasteiger partial charge in [-0.05, 0) is 57.6 Å². The third-order valence-corrected chi connectivity index (χ3v) is 5.61. The molecule has 0 atom stereocenters. The van der Waals surface area contributed by atoms with E-state index in [2.05, 4.69) is 10.2 Å². The van der Waals surface area contributed by atoms with E-state index in [-0.39, 0.29) is 0 Å². The Morgan fingerprint density at radius 3 is 2.67 bits per heavy atom. The summed E-state index contributed by atoms with van der Waals surface area (Å²) < 4.78 is 5.77. The standard InChI is InChI=1S/C22H30N4O/c1-17-24-21-10-6-5-9-20(21)22(25-17)26-14-11-18(12-15-26)23-13-16-27-19-7-3-2-4-8-19/h2-4,7-8,18,23H,5-6,9-16H2,1H3. The summed E-state index contributed by atoms with van der Waals surface area (Å²) in [6.07, 6.45) is 7.10. The van der Waals surface area contributed by atoms with Gasteiger partial charge >= 0.3 is 0 Å². The number of para-hydroxylation sites is 1. The van der Waals surface area contributed by atoms with Crippen molar-refractivity contribution in [2.24, 2.45) is 0 Å². The van der Waals surface area contributed by atoms with E-state index in [0.717, 1.165) is 56.9 Å². The van der Waals surface area contributed by atoms with Gasteiger partial charge in [-0.3, -0.25) is 0 Å². The number of rotatable bonds is 6. The van der Waals surface area contributed by atoms with E-state index in [1.165, 1.54) is 29.9 Å². The molecular formula is C22H30N4O. The molecule has 4 rings (SSSR count). The Labute approximate surface area is 162 Å². The fourth-order valence-electron chi connectivity index (χ4n) is 4.20. The van der Waals surface area contributed by atoms with E-state index in [0.29, 0.717) is 12.6 Å². The topological polar surface area (TPSA) is 50.3 Å². The molecule has 0 bridgehead atoms. The van der Waals surface area contributed by atoms with Crippen LogP contribution >= 0.6 is 0 Å². The van der Waals surface area contributed by atoms with Crippen molar-refractivity contribution in [3.05, 3.63) is 47.4 Å². The fraction of sp³-hybridized carbons (Fsp3) is 0.545. The Balaban J connectivity index is 1.26. The molecule has 1 fully saturated rings. The van der Waals surface area contributed by atoms with E-state index in [1.54, 1.807) is 0 Å². The Bertz CT molecular complexity index is 741. The van der Waals surface area contributed by atoms with Crippen molar-refractivity contribution in [3.8, 4) is 5.75 Å². The molecule has 1 aliphatic carbocycles. The monoisotopic (exact) mass is 366 g/mol. The minimum Gasteiger partial charge on any atom is -0.492 e. The van der Waals surface area contributed by atoms with E-state index >= 15 is 0 Å². The number of aryl methyl sites for hydroxylation is 2. The molecule has 2 aromatic rings. The van der Waals surface area contributed by atoms with Gasteiger partial charge in [-0.15, -0.1) is 0 Å². The van der Waals surface area contributed by atoms with Crippen molar-refractivity contribution in [2.75, 3.05) is 31.1 Å². The molecule has 5 heteroatoms. The highest BCUT2D eigenvalue weighted by Crippen LogP contribution is 2.29. The van der Waals surface area contributed by atoms with Crippen LogP contribution < -0.4 is 15.0 Å². The van der Waals surface area contributed by atoms with Gasteiger partial charge in [0.05, 0.1) is 0 Å². The number of nitrogens with zero attached hydrogens (tertiary/aromatic N) is 3. The van der Waals surface area contributed by atoms with Gasteiger partial charge in [0.2, 0.25) is 0 Å². The zero-order valence-corrected chi connectivity index (χ0v) is 16.3. The minimum absolute atomic E-state index is 0.569. The van der Waals surface area contributed by atoms with Crippen molar-refractivity contribution >= 4 is 5.82 Å². The molecule has 0 unspecified atom stereocenters. The predicted octanol–water partition coefficient (Wildman–Crippen LogP) is 3.30. The first-order valence-corrected chi connectivity index (χ1v) is 10.3. The number of fused-ring (bicyclic) bond motifs is 1. The van der Waals surface area contributed by atoms with Crippen molar-refractivity contribution in [2.45, 2.75) is 51.5 Å². The first kappa shape index (κ1) is 18.2. The summed E-state index contributed by atoms with van der Waals surface area (Å²) in [5.74, 6) is 3.07. The average Bonchev–Trinajstić information content (AvgIpc) is 2.72. The summed E-state index contributed by atoms with van der Waals surface area (Å²) in [5.41, 5.74) is 2.71. The smallest absolute Gasteiger partial charge is 0.135 e. The van der Waals surface area contributed by atoms with E-state index in [4.69, 9.17) is 14.7 Å². The summed E-state index contributed by atoms with van der Waals surface area (Å²) >= 11 is 0. The maximum Gasteiger partial charge on any atom is 0.135 e. The lowest BCUT2D eigenvalue weighted by atomic mass is 9.95. The Kier molecular flexibility index (Phi) is 5.87. The molecular weight excluding hydrogens is 336 g/mol. The molecule has 1 saturated heterocycles. The molecule has 1 aromatic heterocycles. The predicted molar refractivity (Wildman–Crippen MR) is 109 cm³/mol.